The van der Waals surface area contributed by atoms with Crippen LogP contribution in [-0.2, 0) is 0 Å². The molecule has 0 radical (unpaired) electrons. The third-order valence-electron chi connectivity index (χ3n) is 1.59. The van der Waals surface area contributed by atoms with Crippen molar-refractivity contribution >= 4 is 50.7 Å². The molecule has 0 aliphatic heterocycles. The summed E-state index contributed by atoms with van der Waals surface area (Å²) in [5.74, 6) is 0.683. The van der Waals surface area contributed by atoms with Crippen molar-refractivity contribution in [3.8, 4) is 11.5 Å². The molecule has 1 aromatic carbocycles. The largest absolute Gasteiger partial charge is 0.491 e. The second-order valence-electron chi connectivity index (χ2n) is 2.32. The Hall–Kier alpha value is 0.170. The minimum atomic E-state index is 0.266. The van der Waals surface area contributed by atoms with Gasteiger partial charge in [-0.05, 0) is 15.9 Å². The monoisotopic (exact) mass is 318 g/mol. The molecule has 0 spiro atoms. The third kappa shape index (κ3) is 1.91. The minimum Gasteiger partial charge on any atom is -0.491 e. The molecule has 14 heavy (non-hydrogen) atoms. The lowest BCUT2D eigenvalue weighted by Gasteiger charge is -2.13. The predicted octanol–water partition coefficient (Wildman–Crippen LogP) is 4.43. The summed E-state index contributed by atoms with van der Waals surface area (Å²) in [7, 11) is 2.94. The first-order chi connectivity index (χ1) is 6.54. The van der Waals surface area contributed by atoms with Crippen LogP contribution in [0.1, 0.15) is 0 Å². The van der Waals surface area contributed by atoms with Gasteiger partial charge >= 0.3 is 0 Å². The van der Waals surface area contributed by atoms with E-state index in [1.807, 2.05) is 0 Å². The molecule has 0 bridgehead atoms. The summed E-state index contributed by atoms with van der Waals surface area (Å²) in [6.07, 6.45) is 0. The average molecular weight is 320 g/mol. The van der Waals surface area contributed by atoms with Gasteiger partial charge in [0.2, 0.25) is 0 Å². The lowest BCUT2D eigenvalue weighted by atomic mass is 10.3. The summed E-state index contributed by atoms with van der Waals surface area (Å²) in [6.45, 7) is 0. The second-order valence-corrected chi connectivity index (χ2v) is 4.25. The minimum absolute atomic E-state index is 0.266. The molecule has 0 N–H and O–H groups in total. The van der Waals surface area contributed by atoms with Crippen molar-refractivity contribution in [2.75, 3.05) is 14.2 Å². The summed E-state index contributed by atoms with van der Waals surface area (Å²) in [6, 6.07) is 0. The van der Waals surface area contributed by atoms with Gasteiger partial charge in [-0.3, -0.25) is 0 Å². The van der Waals surface area contributed by atoms with E-state index in [9.17, 15) is 0 Å². The molecule has 0 amide bonds. The first-order valence-corrected chi connectivity index (χ1v) is 5.41. The van der Waals surface area contributed by atoms with Crippen LogP contribution in [0, 0.1) is 0 Å². The molecular weight excluding hydrogens is 314 g/mol. The number of hydrogen-bond donors (Lipinski definition) is 0. The Balaban J connectivity index is 3.57. The molecular formula is C8H6BrCl3O2. The van der Waals surface area contributed by atoms with E-state index in [0.29, 0.717) is 26.0 Å². The van der Waals surface area contributed by atoms with E-state index in [-0.39, 0.29) is 5.02 Å². The highest BCUT2D eigenvalue weighted by molar-refractivity contribution is 9.10. The number of rotatable bonds is 2. The van der Waals surface area contributed by atoms with Gasteiger partial charge in [-0.2, -0.15) is 0 Å². The maximum Gasteiger partial charge on any atom is 0.182 e. The molecule has 0 saturated heterocycles. The maximum absolute atomic E-state index is 5.96. The van der Waals surface area contributed by atoms with Crippen LogP contribution in [0.5, 0.6) is 11.5 Å². The SMILES string of the molecule is COc1c(Cl)c(Cl)c(Br)c(Cl)c1OC. The van der Waals surface area contributed by atoms with E-state index in [2.05, 4.69) is 15.9 Å². The van der Waals surface area contributed by atoms with E-state index in [1.165, 1.54) is 14.2 Å². The van der Waals surface area contributed by atoms with Crippen LogP contribution < -0.4 is 9.47 Å². The Kier molecular flexibility index (Phi) is 4.19. The smallest absolute Gasteiger partial charge is 0.182 e. The molecule has 0 unspecified atom stereocenters. The molecule has 0 saturated carbocycles. The zero-order valence-electron chi connectivity index (χ0n) is 7.33. The van der Waals surface area contributed by atoms with Crippen LogP contribution in [-0.4, -0.2) is 14.2 Å². The zero-order chi connectivity index (χ0) is 10.9. The van der Waals surface area contributed by atoms with Gasteiger partial charge in [0.15, 0.2) is 11.5 Å². The van der Waals surface area contributed by atoms with Crippen molar-refractivity contribution < 1.29 is 9.47 Å². The molecule has 0 fully saturated rings. The zero-order valence-corrected chi connectivity index (χ0v) is 11.2. The van der Waals surface area contributed by atoms with Crippen molar-refractivity contribution in [2.24, 2.45) is 0 Å². The fraction of sp³-hybridized carbons (Fsp3) is 0.250. The van der Waals surface area contributed by atoms with Crippen LogP contribution in [0.15, 0.2) is 4.47 Å². The summed E-state index contributed by atoms with van der Waals surface area (Å²) in [4.78, 5) is 0. The molecule has 2 nitrogen and oxygen atoms in total. The van der Waals surface area contributed by atoms with Crippen LogP contribution in [0.2, 0.25) is 15.1 Å². The number of ether oxygens (including phenoxy) is 2. The van der Waals surface area contributed by atoms with Crippen molar-refractivity contribution in [1.82, 2.24) is 0 Å². The molecule has 0 aliphatic rings. The van der Waals surface area contributed by atoms with Gasteiger partial charge in [-0.1, -0.05) is 34.8 Å². The highest BCUT2D eigenvalue weighted by Gasteiger charge is 2.21. The van der Waals surface area contributed by atoms with Gasteiger partial charge in [-0.25, -0.2) is 0 Å². The van der Waals surface area contributed by atoms with E-state index in [0.717, 1.165) is 0 Å². The van der Waals surface area contributed by atoms with Gasteiger partial charge < -0.3 is 9.47 Å². The van der Waals surface area contributed by atoms with E-state index in [4.69, 9.17) is 44.3 Å². The van der Waals surface area contributed by atoms with Crippen LogP contribution >= 0.6 is 50.7 Å². The molecule has 78 valence electrons. The summed E-state index contributed by atoms with van der Waals surface area (Å²) >= 11 is 21.0. The molecule has 0 aliphatic carbocycles. The lowest BCUT2D eigenvalue weighted by Crippen LogP contribution is -1.93. The number of hydrogen-bond acceptors (Lipinski definition) is 2. The first-order valence-electron chi connectivity index (χ1n) is 3.48. The topological polar surface area (TPSA) is 18.5 Å². The van der Waals surface area contributed by atoms with Gasteiger partial charge in [0.25, 0.3) is 0 Å². The van der Waals surface area contributed by atoms with Crippen LogP contribution in [0.25, 0.3) is 0 Å². The van der Waals surface area contributed by atoms with Crippen molar-refractivity contribution in [1.29, 1.82) is 0 Å². The van der Waals surface area contributed by atoms with Crippen molar-refractivity contribution in [3.05, 3.63) is 19.5 Å². The first kappa shape index (κ1) is 12.2. The quantitative estimate of drug-likeness (QED) is 0.593. The predicted molar refractivity (Wildman–Crippen MR) is 62.3 cm³/mol. The average Bonchev–Trinajstić information content (AvgIpc) is 2.20. The van der Waals surface area contributed by atoms with Gasteiger partial charge in [-0.15, -0.1) is 0 Å². The molecule has 1 aromatic rings. The number of benzene rings is 1. The lowest BCUT2D eigenvalue weighted by molar-refractivity contribution is 0.355. The van der Waals surface area contributed by atoms with Gasteiger partial charge in [0.1, 0.15) is 10.0 Å². The Labute approximate surface area is 105 Å². The fourth-order valence-electron chi connectivity index (χ4n) is 0.956. The normalized spacial score (nSPS) is 10.1. The standard InChI is InChI=1S/C8H6BrCl3O2/c1-13-7-5(11)3(9)4(10)6(12)8(7)14-2/h1-2H3. The molecule has 1 rings (SSSR count). The Bertz CT molecular complexity index is 333. The number of methoxy groups -OCH3 is 2. The van der Waals surface area contributed by atoms with Gasteiger partial charge in [0.05, 0.1) is 23.7 Å². The molecule has 0 heterocycles. The molecule has 0 atom stereocenters. The highest BCUT2D eigenvalue weighted by Crippen LogP contribution is 2.49. The maximum atomic E-state index is 5.96. The molecule has 6 heteroatoms. The van der Waals surface area contributed by atoms with E-state index < -0.39 is 0 Å². The molecule has 0 aromatic heterocycles. The van der Waals surface area contributed by atoms with E-state index in [1.54, 1.807) is 0 Å². The van der Waals surface area contributed by atoms with Crippen LogP contribution in [0.3, 0.4) is 0 Å². The Morgan fingerprint density at radius 1 is 0.857 bits per heavy atom. The summed E-state index contributed by atoms with van der Waals surface area (Å²) < 4.78 is 10.6. The Morgan fingerprint density at radius 3 is 1.71 bits per heavy atom. The second kappa shape index (κ2) is 4.79. The Morgan fingerprint density at radius 2 is 1.29 bits per heavy atom. The third-order valence-corrected chi connectivity index (χ3v) is 4.04. The van der Waals surface area contributed by atoms with Crippen LogP contribution in [0.4, 0.5) is 0 Å². The fourth-order valence-corrected chi connectivity index (χ4v) is 2.19. The van der Waals surface area contributed by atoms with Gasteiger partial charge in [0, 0.05) is 0 Å². The summed E-state index contributed by atoms with van der Waals surface area (Å²) in [5.41, 5.74) is 0. The van der Waals surface area contributed by atoms with Crippen molar-refractivity contribution in [3.63, 3.8) is 0 Å². The number of halogens is 4. The summed E-state index contributed by atoms with van der Waals surface area (Å²) in [5, 5.41) is 0.898. The highest BCUT2D eigenvalue weighted by atomic mass is 79.9. The van der Waals surface area contributed by atoms with E-state index >= 15 is 0 Å². The van der Waals surface area contributed by atoms with Crippen molar-refractivity contribution in [2.45, 2.75) is 0 Å².